The summed E-state index contributed by atoms with van der Waals surface area (Å²) in [6.07, 6.45) is 3.70. The van der Waals surface area contributed by atoms with Crippen LogP contribution in [0.4, 0.5) is 0 Å². The van der Waals surface area contributed by atoms with E-state index in [0.717, 1.165) is 22.2 Å². The summed E-state index contributed by atoms with van der Waals surface area (Å²) >= 11 is 0. The standard InChI is InChI=1S/C20H23N5O4/c1-11(2)9-24-10-15(8-22-24)14-6-4-5-13(7-14)12(3)25-19(28)17(26)16(18(21)27)23-20(25)29/h4-8,10-12,26H,9H2,1-3H3,(H2,21,27)(H,23,29)/t12-/m1/s1. The molecule has 0 saturated carbocycles. The van der Waals surface area contributed by atoms with Gasteiger partial charge in [0.1, 0.15) is 0 Å². The van der Waals surface area contributed by atoms with Crippen molar-refractivity contribution in [2.45, 2.75) is 33.4 Å². The van der Waals surface area contributed by atoms with Crippen LogP contribution in [0.1, 0.15) is 42.9 Å². The van der Waals surface area contributed by atoms with Crippen molar-refractivity contribution in [2.75, 3.05) is 0 Å². The Morgan fingerprint density at radius 1 is 1.24 bits per heavy atom. The molecule has 0 aliphatic heterocycles. The molecule has 0 bridgehead atoms. The predicted octanol–water partition coefficient (Wildman–Crippen LogP) is 1.47. The molecule has 1 amide bonds. The van der Waals surface area contributed by atoms with Crippen molar-refractivity contribution in [1.82, 2.24) is 19.3 Å². The molecule has 2 aromatic heterocycles. The molecule has 2 heterocycles. The Morgan fingerprint density at radius 2 is 1.97 bits per heavy atom. The minimum absolute atomic E-state index is 0.462. The first kappa shape index (κ1) is 20.1. The fraction of sp³-hybridized carbons (Fsp3) is 0.300. The molecular formula is C20H23N5O4. The Morgan fingerprint density at radius 3 is 2.62 bits per heavy atom. The summed E-state index contributed by atoms with van der Waals surface area (Å²) in [6.45, 7) is 6.67. The van der Waals surface area contributed by atoms with Crippen LogP contribution in [-0.4, -0.2) is 30.3 Å². The number of primary amides is 1. The third kappa shape index (κ3) is 3.98. The van der Waals surface area contributed by atoms with Gasteiger partial charge in [0.25, 0.3) is 11.5 Å². The van der Waals surface area contributed by atoms with Gasteiger partial charge in [-0.1, -0.05) is 32.0 Å². The second kappa shape index (κ2) is 7.78. The number of nitrogens with two attached hydrogens (primary N) is 1. The highest BCUT2D eigenvalue weighted by molar-refractivity contribution is 5.93. The van der Waals surface area contributed by atoms with Crippen molar-refractivity contribution < 1.29 is 9.90 Å². The molecule has 9 nitrogen and oxygen atoms in total. The van der Waals surface area contributed by atoms with E-state index < -0.39 is 34.6 Å². The number of H-pyrrole nitrogens is 1. The van der Waals surface area contributed by atoms with Gasteiger partial charge in [-0.2, -0.15) is 5.10 Å². The Kier molecular flexibility index (Phi) is 5.40. The number of benzene rings is 1. The number of amides is 1. The lowest BCUT2D eigenvalue weighted by Gasteiger charge is -2.16. The summed E-state index contributed by atoms with van der Waals surface area (Å²) in [5, 5.41) is 14.3. The Labute approximate surface area is 166 Å². The lowest BCUT2D eigenvalue weighted by atomic mass is 10.0. The van der Waals surface area contributed by atoms with Crippen LogP contribution in [0.2, 0.25) is 0 Å². The van der Waals surface area contributed by atoms with Crippen molar-refractivity contribution in [3.8, 4) is 16.9 Å². The average Bonchev–Trinajstić information content (AvgIpc) is 3.12. The lowest BCUT2D eigenvalue weighted by molar-refractivity contribution is 0.0991. The van der Waals surface area contributed by atoms with Gasteiger partial charge in [-0.3, -0.25) is 19.3 Å². The van der Waals surface area contributed by atoms with Crippen molar-refractivity contribution >= 4 is 5.91 Å². The summed E-state index contributed by atoms with van der Waals surface area (Å²) in [5.41, 5.74) is 5.14. The molecule has 0 aliphatic rings. The van der Waals surface area contributed by atoms with Gasteiger partial charge in [-0.15, -0.1) is 0 Å². The number of nitrogens with one attached hydrogen (secondary N) is 1. The van der Waals surface area contributed by atoms with E-state index in [1.54, 1.807) is 19.2 Å². The molecule has 1 atom stereocenters. The molecule has 152 valence electrons. The number of hydrogen-bond acceptors (Lipinski definition) is 5. The van der Waals surface area contributed by atoms with Crippen LogP contribution in [0, 0.1) is 5.92 Å². The molecule has 0 spiro atoms. The van der Waals surface area contributed by atoms with Crippen LogP contribution >= 0.6 is 0 Å². The molecule has 3 rings (SSSR count). The molecule has 9 heteroatoms. The van der Waals surface area contributed by atoms with E-state index in [2.05, 4.69) is 23.9 Å². The van der Waals surface area contributed by atoms with Crippen molar-refractivity contribution in [3.05, 3.63) is 68.8 Å². The van der Waals surface area contributed by atoms with Crippen LogP contribution in [0.25, 0.3) is 11.1 Å². The van der Waals surface area contributed by atoms with Gasteiger partial charge in [-0.05, 0) is 30.0 Å². The molecule has 0 aliphatic carbocycles. The third-order valence-electron chi connectivity index (χ3n) is 4.63. The van der Waals surface area contributed by atoms with E-state index in [0.29, 0.717) is 11.5 Å². The average molecular weight is 397 g/mol. The monoisotopic (exact) mass is 397 g/mol. The fourth-order valence-electron chi connectivity index (χ4n) is 3.18. The van der Waals surface area contributed by atoms with Crippen LogP contribution in [-0.2, 0) is 6.54 Å². The first-order valence-electron chi connectivity index (χ1n) is 9.19. The van der Waals surface area contributed by atoms with Gasteiger partial charge in [0.05, 0.1) is 12.2 Å². The second-order valence-electron chi connectivity index (χ2n) is 7.34. The molecule has 1 aromatic carbocycles. The summed E-state index contributed by atoms with van der Waals surface area (Å²) < 4.78 is 2.72. The molecule has 0 saturated heterocycles. The molecular weight excluding hydrogens is 374 g/mol. The Balaban J connectivity index is 2.01. The fourth-order valence-corrected chi connectivity index (χ4v) is 3.18. The molecule has 4 N–H and O–H groups in total. The minimum Gasteiger partial charge on any atom is -0.501 e. The highest BCUT2D eigenvalue weighted by Gasteiger charge is 2.21. The van der Waals surface area contributed by atoms with Crippen molar-refractivity contribution in [3.63, 3.8) is 0 Å². The van der Waals surface area contributed by atoms with Gasteiger partial charge in [0, 0.05) is 18.3 Å². The summed E-state index contributed by atoms with van der Waals surface area (Å²) in [4.78, 5) is 38.3. The molecule has 3 aromatic rings. The quantitative estimate of drug-likeness (QED) is 0.579. The Bertz CT molecular complexity index is 1170. The topological polar surface area (TPSA) is 136 Å². The summed E-state index contributed by atoms with van der Waals surface area (Å²) in [6, 6.07) is 6.67. The highest BCUT2D eigenvalue weighted by Crippen LogP contribution is 2.24. The zero-order valence-corrected chi connectivity index (χ0v) is 16.4. The van der Waals surface area contributed by atoms with Gasteiger partial charge in [-0.25, -0.2) is 9.36 Å². The number of nitrogens with zero attached hydrogens (tertiary/aromatic N) is 3. The summed E-state index contributed by atoms with van der Waals surface area (Å²) in [7, 11) is 0. The SMILES string of the molecule is CC(C)Cn1cc(-c2cccc([C@@H](C)n3c(=O)[nH]c(C(N)=O)c(O)c3=O)c2)cn1. The van der Waals surface area contributed by atoms with Gasteiger partial charge >= 0.3 is 5.69 Å². The third-order valence-corrected chi connectivity index (χ3v) is 4.63. The van der Waals surface area contributed by atoms with E-state index in [-0.39, 0.29) is 0 Å². The van der Waals surface area contributed by atoms with E-state index in [4.69, 9.17) is 5.73 Å². The number of aromatic hydroxyl groups is 1. The van der Waals surface area contributed by atoms with Crippen LogP contribution in [0.3, 0.4) is 0 Å². The number of hydrogen-bond donors (Lipinski definition) is 3. The number of rotatable bonds is 6. The lowest BCUT2D eigenvalue weighted by Crippen LogP contribution is -2.39. The van der Waals surface area contributed by atoms with E-state index >= 15 is 0 Å². The number of carbonyl (C=O) groups is 1. The normalized spacial score (nSPS) is 12.3. The first-order valence-corrected chi connectivity index (χ1v) is 9.19. The highest BCUT2D eigenvalue weighted by atomic mass is 16.3. The van der Waals surface area contributed by atoms with Crippen LogP contribution in [0.5, 0.6) is 5.75 Å². The molecule has 0 fully saturated rings. The van der Waals surface area contributed by atoms with Gasteiger partial charge in [0.15, 0.2) is 5.69 Å². The van der Waals surface area contributed by atoms with Gasteiger partial charge in [0.2, 0.25) is 5.75 Å². The van der Waals surface area contributed by atoms with E-state index in [1.165, 1.54) is 0 Å². The maximum absolute atomic E-state index is 12.5. The number of aromatic nitrogens is 4. The van der Waals surface area contributed by atoms with Crippen molar-refractivity contribution in [2.24, 2.45) is 11.7 Å². The van der Waals surface area contributed by atoms with E-state index in [1.807, 2.05) is 29.1 Å². The first-order chi connectivity index (χ1) is 13.7. The van der Waals surface area contributed by atoms with Crippen molar-refractivity contribution in [1.29, 1.82) is 0 Å². The Hall–Kier alpha value is -3.62. The zero-order chi connectivity index (χ0) is 21.3. The maximum atomic E-state index is 12.5. The summed E-state index contributed by atoms with van der Waals surface area (Å²) in [5.74, 6) is -1.50. The van der Waals surface area contributed by atoms with Crippen LogP contribution in [0.15, 0.2) is 46.2 Å². The smallest absolute Gasteiger partial charge is 0.329 e. The molecule has 0 radical (unpaired) electrons. The predicted molar refractivity (Wildman–Crippen MR) is 108 cm³/mol. The number of aromatic amines is 1. The molecule has 29 heavy (non-hydrogen) atoms. The van der Waals surface area contributed by atoms with E-state index in [9.17, 15) is 19.5 Å². The van der Waals surface area contributed by atoms with Crippen LogP contribution < -0.4 is 17.0 Å². The largest absolute Gasteiger partial charge is 0.501 e. The number of carbonyl (C=O) groups excluding carboxylic acids is 1. The minimum atomic E-state index is -1.09. The maximum Gasteiger partial charge on any atom is 0.329 e. The molecule has 0 unspecified atom stereocenters. The second-order valence-corrected chi connectivity index (χ2v) is 7.34. The van der Waals surface area contributed by atoms with Gasteiger partial charge < -0.3 is 10.8 Å². The zero-order valence-electron chi connectivity index (χ0n) is 16.4.